The molecule has 0 amide bonds. The van der Waals surface area contributed by atoms with Crippen molar-refractivity contribution in [3.05, 3.63) is 11.3 Å². The molecule has 1 saturated heterocycles. The second-order valence-electron chi connectivity index (χ2n) is 4.86. The van der Waals surface area contributed by atoms with Crippen LogP contribution in [0.15, 0.2) is 11.3 Å². The van der Waals surface area contributed by atoms with E-state index in [0.717, 1.165) is 6.42 Å². The van der Waals surface area contributed by atoms with Gasteiger partial charge in [-0.15, -0.1) is 0 Å². The average molecular weight is 226 g/mol. The molecule has 16 heavy (non-hydrogen) atoms. The van der Waals surface area contributed by atoms with Gasteiger partial charge in [-0.1, -0.05) is 0 Å². The van der Waals surface area contributed by atoms with E-state index in [9.17, 15) is 9.90 Å². The van der Waals surface area contributed by atoms with Gasteiger partial charge in [0.1, 0.15) is 0 Å². The number of Topliss-reactive ketones (excluding diaryl/α,β-unsaturated/α-hetero) is 1. The van der Waals surface area contributed by atoms with Crippen LogP contribution >= 0.6 is 0 Å². The third kappa shape index (κ3) is 2.44. The molecule has 1 N–H and O–H groups in total. The van der Waals surface area contributed by atoms with Gasteiger partial charge >= 0.3 is 0 Å². The van der Waals surface area contributed by atoms with Crippen LogP contribution < -0.4 is 0 Å². The molecule has 0 aromatic rings. The molecule has 1 heterocycles. The second-order valence-corrected chi connectivity index (χ2v) is 4.86. The zero-order chi connectivity index (χ0) is 11.8. The molecule has 1 atom stereocenters. The van der Waals surface area contributed by atoms with E-state index < -0.39 is 5.79 Å². The molecule has 0 radical (unpaired) electrons. The molecule has 0 bridgehead atoms. The van der Waals surface area contributed by atoms with E-state index in [1.165, 1.54) is 0 Å². The van der Waals surface area contributed by atoms with Gasteiger partial charge in [0.25, 0.3) is 0 Å². The lowest BCUT2D eigenvalue weighted by Crippen LogP contribution is -2.23. The molecular formula is C12H18O4. The minimum absolute atomic E-state index is 0.0528. The van der Waals surface area contributed by atoms with E-state index in [1.807, 2.05) is 13.8 Å². The quantitative estimate of drug-likeness (QED) is 0.783. The fraction of sp³-hybridized carbons (Fsp3) is 0.750. The molecule has 90 valence electrons. The predicted molar refractivity (Wildman–Crippen MR) is 58.0 cm³/mol. The number of carbonyl (C=O) groups excluding carboxylic acids is 1. The highest BCUT2D eigenvalue weighted by Gasteiger charge is 2.34. The maximum absolute atomic E-state index is 11.6. The maximum atomic E-state index is 11.6. The van der Waals surface area contributed by atoms with E-state index in [1.54, 1.807) is 0 Å². The van der Waals surface area contributed by atoms with Crippen molar-refractivity contribution in [2.24, 2.45) is 0 Å². The number of hydrogen-bond donors (Lipinski definition) is 1. The van der Waals surface area contributed by atoms with Crippen molar-refractivity contribution in [3.8, 4) is 0 Å². The number of allylic oxidation sites excluding steroid dienone is 1. The van der Waals surface area contributed by atoms with Crippen LogP contribution in [0.4, 0.5) is 0 Å². The standard InChI is InChI=1S/C12H18O4/c1-12(2)15-7-8(16-12)6-9-10(13)4-3-5-11(9)14/h8,13H,3-7H2,1-2H3/t8-/m0/s1. The fourth-order valence-corrected chi connectivity index (χ4v) is 2.20. The lowest BCUT2D eigenvalue weighted by Gasteiger charge is -2.19. The van der Waals surface area contributed by atoms with Gasteiger partial charge in [-0.2, -0.15) is 0 Å². The van der Waals surface area contributed by atoms with Crippen LogP contribution in [0.5, 0.6) is 0 Å². The SMILES string of the molecule is CC1(C)OC[C@H](CC2=C(O)CCCC2=O)O1. The topological polar surface area (TPSA) is 55.8 Å². The number of ketones is 1. The number of hydrogen-bond acceptors (Lipinski definition) is 4. The Morgan fingerprint density at radius 1 is 1.44 bits per heavy atom. The minimum atomic E-state index is -0.571. The van der Waals surface area contributed by atoms with Gasteiger partial charge in [0.15, 0.2) is 11.6 Å². The van der Waals surface area contributed by atoms with Gasteiger partial charge in [0, 0.05) is 24.8 Å². The van der Waals surface area contributed by atoms with Gasteiger partial charge in [-0.3, -0.25) is 4.79 Å². The minimum Gasteiger partial charge on any atom is -0.512 e. The zero-order valence-corrected chi connectivity index (χ0v) is 9.78. The molecule has 0 aromatic carbocycles. The highest BCUT2D eigenvalue weighted by atomic mass is 16.7. The molecule has 4 heteroatoms. The van der Waals surface area contributed by atoms with Gasteiger partial charge in [-0.25, -0.2) is 0 Å². The summed E-state index contributed by atoms with van der Waals surface area (Å²) in [5.41, 5.74) is 0.539. The lowest BCUT2D eigenvalue weighted by atomic mass is 9.92. The molecule has 1 fully saturated rings. The van der Waals surface area contributed by atoms with E-state index in [0.29, 0.717) is 31.4 Å². The van der Waals surface area contributed by atoms with E-state index in [4.69, 9.17) is 9.47 Å². The van der Waals surface area contributed by atoms with Gasteiger partial charge in [0.05, 0.1) is 18.5 Å². The Kier molecular flexibility index (Phi) is 3.04. The Labute approximate surface area is 95.2 Å². The largest absolute Gasteiger partial charge is 0.512 e. The van der Waals surface area contributed by atoms with Crippen LogP contribution in [0.25, 0.3) is 0 Å². The Bertz CT molecular complexity index is 330. The monoisotopic (exact) mass is 226 g/mol. The molecule has 0 saturated carbocycles. The number of rotatable bonds is 2. The summed E-state index contributed by atoms with van der Waals surface area (Å²) in [6.07, 6.45) is 2.25. The Hall–Kier alpha value is -0.870. The highest BCUT2D eigenvalue weighted by Crippen LogP contribution is 2.30. The van der Waals surface area contributed by atoms with Gasteiger partial charge in [0.2, 0.25) is 0 Å². The maximum Gasteiger partial charge on any atom is 0.163 e. The van der Waals surface area contributed by atoms with Crippen LogP contribution in [-0.4, -0.2) is 29.4 Å². The Morgan fingerprint density at radius 2 is 2.19 bits per heavy atom. The van der Waals surface area contributed by atoms with Crippen molar-refractivity contribution >= 4 is 5.78 Å². The molecule has 1 aliphatic heterocycles. The highest BCUT2D eigenvalue weighted by molar-refractivity contribution is 5.96. The molecule has 4 nitrogen and oxygen atoms in total. The molecular weight excluding hydrogens is 208 g/mol. The first-order valence-corrected chi connectivity index (χ1v) is 5.74. The summed E-state index contributed by atoms with van der Waals surface area (Å²) in [4.78, 5) is 11.6. The van der Waals surface area contributed by atoms with Crippen molar-refractivity contribution in [3.63, 3.8) is 0 Å². The number of aliphatic hydroxyl groups excluding tert-OH is 1. The van der Waals surface area contributed by atoms with Crippen LogP contribution in [0.2, 0.25) is 0 Å². The molecule has 2 rings (SSSR count). The van der Waals surface area contributed by atoms with Crippen molar-refractivity contribution in [1.82, 2.24) is 0 Å². The summed E-state index contributed by atoms with van der Waals surface area (Å²) >= 11 is 0. The van der Waals surface area contributed by atoms with Crippen LogP contribution in [0.3, 0.4) is 0 Å². The van der Waals surface area contributed by atoms with E-state index >= 15 is 0 Å². The summed E-state index contributed by atoms with van der Waals surface area (Å²) in [5, 5.41) is 9.69. The first-order valence-electron chi connectivity index (χ1n) is 5.74. The van der Waals surface area contributed by atoms with Crippen LogP contribution in [0.1, 0.15) is 39.5 Å². The molecule has 0 unspecified atom stereocenters. The number of carbonyl (C=O) groups is 1. The summed E-state index contributed by atoms with van der Waals surface area (Å²) in [5.74, 6) is -0.278. The smallest absolute Gasteiger partial charge is 0.163 e. The summed E-state index contributed by atoms with van der Waals surface area (Å²) < 4.78 is 11.1. The number of aliphatic hydroxyl groups is 1. The third-order valence-corrected chi connectivity index (χ3v) is 3.00. The van der Waals surface area contributed by atoms with E-state index in [-0.39, 0.29) is 17.6 Å². The first kappa shape index (κ1) is 11.6. The van der Waals surface area contributed by atoms with Crippen molar-refractivity contribution in [1.29, 1.82) is 0 Å². The molecule has 0 aromatic heterocycles. The fourth-order valence-electron chi connectivity index (χ4n) is 2.20. The van der Waals surface area contributed by atoms with Crippen molar-refractivity contribution in [2.45, 2.75) is 51.4 Å². The second kappa shape index (κ2) is 4.18. The van der Waals surface area contributed by atoms with E-state index in [2.05, 4.69) is 0 Å². The normalized spacial score (nSPS) is 29.9. The zero-order valence-electron chi connectivity index (χ0n) is 9.78. The lowest BCUT2D eigenvalue weighted by molar-refractivity contribution is -0.138. The van der Waals surface area contributed by atoms with Gasteiger partial charge < -0.3 is 14.6 Å². The summed E-state index contributed by atoms with van der Waals surface area (Å²) in [7, 11) is 0. The van der Waals surface area contributed by atoms with Crippen molar-refractivity contribution in [2.75, 3.05) is 6.61 Å². The summed E-state index contributed by atoms with van der Waals surface area (Å²) in [6, 6.07) is 0. The molecule has 1 aliphatic carbocycles. The van der Waals surface area contributed by atoms with Crippen molar-refractivity contribution < 1.29 is 19.4 Å². The molecule has 2 aliphatic rings. The summed E-state index contributed by atoms with van der Waals surface area (Å²) in [6.45, 7) is 4.19. The number of ether oxygens (including phenoxy) is 2. The Balaban J connectivity index is 2.02. The van der Waals surface area contributed by atoms with Crippen LogP contribution in [0, 0.1) is 0 Å². The Morgan fingerprint density at radius 3 is 2.75 bits per heavy atom. The average Bonchev–Trinajstić information content (AvgIpc) is 2.52. The molecule has 0 spiro atoms. The third-order valence-electron chi connectivity index (χ3n) is 3.00. The van der Waals surface area contributed by atoms with Gasteiger partial charge in [-0.05, 0) is 20.3 Å². The predicted octanol–water partition coefficient (Wildman–Crippen LogP) is 2.09. The van der Waals surface area contributed by atoms with Crippen LogP contribution in [-0.2, 0) is 14.3 Å². The first-order chi connectivity index (χ1) is 7.48.